The number of ether oxygens (including phenoxy) is 4. The number of rotatable bonds is 12. The molecule has 1 aromatic heterocycles. The monoisotopic (exact) mass is 676 g/mol. The summed E-state index contributed by atoms with van der Waals surface area (Å²) >= 11 is 0. The minimum Gasteiger partial charge on any atom is -0.497 e. The Hall–Kier alpha value is -4.61. The lowest BCUT2D eigenvalue weighted by Crippen LogP contribution is -2.67. The van der Waals surface area contributed by atoms with E-state index in [1.165, 1.54) is 11.8 Å². The summed E-state index contributed by atoms with van der Waals surface area (Å²) in [4.78, 5) is 60.9. The highest BCUT2D eigenvalue weighted by Gasteiger charge is 2.56. The fraction of sp³-hybridized carbons (Fsp3) is 0.541. The van der Waals surface area contributed by atoms with Crippen molar-refractivity contribution in [2.24, 2.45) is 11.3 Å². The van der Waals surface area contributed by atoms with Crippen molar-refractivity contribution in [3.63, 3.8) is 0 Å². The Kier molecular flexibility index (Phi) is 10.3. The lowest BCUT2D eigenvalue weighted by atomic mass is 9.66. The molecule has 1 aliphatic heterocycles. The predicted molar refractivity (Wildman–Crippen MR) is 183 cm³/mol. The van der Waals surface area contributed by atoms with E-state index in [0.29, 0.717) is 30.3 Å². The van der Waals surface area contributed by atoms with Crippen LogP contribution in [-0.4, -0.2) is 77.7 Å². The van der Waals surface area contributed by atoms with Gasteiger partial charge in [0, 0.05) is 41.5 Å². The number of carbonyl (C=O) groups is 4. The number of alkyl carbamates (subject to hydrolysis) is 1. The number of likely N-dealkylation sites (tertiary alicyclic amines) is 1. The zero-order valence-corrected chi connectivity index (χ0v) is 29.3. The van der Waals surface area contributed by atoms with E-state index >= 15 is 0 Å². The molecule has 2 N–H and O–H groups in total. The zero-order valence-electron chi connectivity index (χ0n) is 29.3. The number of esters is 1. The molecule has 2 aromatic rings. The Morgan fingerprint density at radius 2 is 1.90 bits per heavy atom. The largest absolute Gasteiger partial charge is 0.497 e. The molecule has 12 nitrogen and oxygen atoms in total. The quantitative estimate of drug-likeness (QED) is 0.177. The van der Waals surface area contributed by atoms with Crippen LogP contribution in [0.5, 0.6) is 11.5 Å². The number of aromatic nitrogens is 1. The third-order valence-electron chi connectivity index (χ3n) is 9.53. The number of fused-ring (bicyclic) bond motifs is 1. The standard InChI is InChI=1S/C37H48N4O8/c1-9-23-15-16-37(23,34(44)47-10-2)40-32(42)29-18-25(20-41(29)33(43)31(36(5,6)7)39-35(45)48-21(3)4)49-30-19-27(22-11-12-22)38-28-17-24(46-8)13-14-26(28)30/h9,13-14,17,19,22-23,25,29,31H,1,3,10-12,15-16,18,20H2,2,4-8H3,(H,39,45)(H,40,42)/t23-,25-,29+,31-,37-/m1/s1. The molecule has 0 unspecified atom stereocenters. The number of amides is 3. The smallest absolute Gasteiger partial charge is 0.412 e. The lowest BCUT2D eigenvalue weighted by molar-refractivity contribution is -0.161. The van der Waals surface area contributed by atoms with Crippen LogP contribution < -0.4 is 20.1 Å². The van der Waals surface area contributed by atoms with E-state index in [0.717, 1.165) is 29.4 Å². The molecule has 49 heavy (non-hydrogen) atoms. The number of hydrogen-bond donors (Lipinski definition) is 2. The van der Waals surface area contributed by atoms with E-state index < -0.39 is 53.0 Å². The van der Waals surface area contributed by atoms with E-state index in [4.69, 9.17) is 23.9 Å². The van der Waals surface area contributed by atoms with E-state index in [-0.39, 0.29) is 31.2 Å². The molecular weight excluding hydrogens is 628 g/mol. The molecule has 1 aromatic carbocycles. The van der Waals surface area contributed by atoms with Crippen molar-refractivity contribution in [3.8, 4) is 11.5 Å². The second-order valence-electron chi connectivity index (χ2n) is 14.3. The summed E-state index contributed by atoms with van der Waals surface area (Å²) in [6.07, 6.45) is 3.48. The van der Waals surface area contributed by atoms with Gasteiger partial charge in [0.15, 0.2) is 0 Å². The highest BCUT2D eigenvalue weighted by Crippen LogP contribution is 2.43. The second kappa shape index (κ2) is 14.1. The van der Waals surface area contributed by atoms with Gasteiger partial charge in [0.1, 0.15) is 35.2 Å². The molecule has 3 fully saturated rings. The molecule has 2 saturated carbocycles. The van der Waals surface area contributed by atoms with Gasteiger partial charge in [-0.3, -0.25) is 14.6 Å². The number of carbonyl (C=O) groups excluding carboxylic acids is 4. The van der Waals surface area contributed by atoms with Gasteiger partial charge < -0.3 is 34.5 Å². The van der Waals surface area contributed by atoms with Crippen LogP contribution in [0.2, 0.25) is 0 Å². The fourth-order valence-electron chi connectivity index (χ4n) is 6.62. The van der Waals surface area contributed by atoms with E-state index in [2.05, 4.69) is 23.8 Å². The minimum atomic E-state index is -1.28. The van der Waals surface area contributed by atoms with Gasteiger partial charge in [0.2, 0.25) is 11.8 Å². The first-order valence-electron chi connectivity index (χ1n) is 16.9. The summed E-state index contributed by atoms with van der Waals surface area (Å²) in [6.45, 7) is 16.4. The van der Waals surface area contributed by atoms with Crippen molar-refractivity contribution < 1.29 is 38.1 Å². The number of benzene rings is 1. The fourth-order valence-corrected chi connectivity index (χ4v) is 6.62. The molecule has 264 valence electrons. The average molecular weight is 677 g/mol. The topological polar surface area (TPSA) is 145 Å². The summed E-state index contributed by atoms with van der Waals surface area (Å²) < 4.78 is 22.6. The molecular formula is C37H48N4O8. The second-order valence-corrected chi connectivity index (χ2v) is 14.3. The summed E-state index contributed by atoms with van der Waals surface area (Å²) in [6, 6.07) is 5.45. The number of allylic oxidation sites excluding steroid dienone is 1. The number of nitrogens with zero attached hydrogens (tertiary/aromatic N) is 2. The van der Waals surface area contributed by atoms with Crippen LogP contribution >= 0.6 is 0 Å². The molecule has 3 aliphatic rings. The molecule has 1 saturated heterocycles. The highest BCUT2D eigenvalue weighted by molar-refractivity contribution is 5.96. The molecule has 5 atom stereocenters. The first-order chi connectivity index (χ1) is 23.2. The van der Waals surface area contributed by atoms with Gasteiger partial charge in [0.05, 0.1) is 31.5 Å². The van der Waals surface area contributed by atoms with Crippen molar-refractivity contribution in [1.82, 2.24) is 20.5 Å². The van der Waals surface area contributed by atoms with Crippen LogP contribution in [0.25, 0.3) is 10.9 Å². The maximum Gasteiger partial charge on any atom is 0.412 e. The Morgan fingerprint density at radius 3 is 2.47 bits per heavy atom. The summed E-state index contributed by atoms with van der Waals surface area (Å²) in [5.74, 6) is -0.0884. The van der Waals surface area contributed by atoms with Gasteiger partial charge >= 0.3 is 12.1 Å². The highest BCUT2D eigenvalue weighted by atomic mass is 16.6. The molecule has 0 bridgehead atoms. The molecule has 12 heteroatoms. The van der Waals surface area contributed by atoms with Crippen molar-refractivity contribution in [2.45, 2.75) is 96.4 Å². The number of pyridine rings is 1. The predicted octanol–water partition coefficient (Wildman–Crippen LogP) is 5.16. The Morgan fingerprint density at radius 1 is 1.16 bits per heavy atom. The van der Waals surface area contributed by atoms with Gasteiger partial charge in [-0.25, -0.2) is 9.59 Å². The van der Waals surface area contributed by atoms with Gasteiger partial charge in [0.25, 0.3) is 0 Å². The first kappa shape index (κ1) is 35.7. The SMILES string of the molecule is C=C[C@@H]1CC[C@]1(NC(=O)[C@@H]1C[C@@H](Oc2cc(C3CC3)nc3cc(OC)ccc23)CN1C(=O)[C@@H](NC(=O)OC(=C)C)C(C)(C)C)C(=O)OCC. The molecule has 2 heterocycles. The van der Waals surface area contributed by atoms with Crippen LogP contribution in [0.3, 0.4) is 0 Å². The number of methoxy groups -OCH3 is 1. The van der Waals surface area contributed by atoms with Crippen LogP contribution in [0.1, 0.15) is 78.3 Å². The number of nitrogens with one attached hydrogen (secondary N) is 2. The van der Waals surface area contributed by atoms with Crippen molar-refractivity contribution in [3.05, 3.63) is 55.0 Å². The molecule has 3 amide bonds. The Bertz CT molecular complexity index is 1650. The third kappa shape index (κ3) is 7.52. The minimum absolute atomic E-state index is 0.0523. The van der Waals surface area contributed by atoms with Crippen LogP contribution in [-0.2, 0) is 23.9 Å². The van der Waals surface area contributed by atoms with E-state index in [9.17, 15) is 19.2 Å². The van der Waals surface area contributed by atoms with Crippen molar-refractivity contribution >= 4 is 34.8 Å². The Labute approximate surface area is 287 Å². The molecule has 5 rings (SSSR count). The summed E-state index contributed by atoms with van der Waals surface area (Å²) in [5, 5.41) is 6.42. The van der Waals surface area contributed by atoms with Crippen molar-refractivity contribution in [1.29, 1.82) is 0 Å². The number of hydrogen-bond acceptors (Lipinski definition) is 9. The van der Waals surface area contributed by atoms with Crippen LogP contribution in [0, 0.1) is 11.3 Å². The normalized spacial score (nSPS) is 23.9. The van der Waals surface area contributed by atoms with Gasteiger partial charge in [-0.2, -0.15) is 0 Å². The maximum absolute atomic E-state index is 14.4. The average Bonchev–Trinajstić information content (AvgIpc) is 3.80. The maximum atomic E-state index is 14.4. The zero-order chi connectivity index (χ0) is 35.7. The van der Waals surface area contributed by atoms with Gasteiger partial charge in [-0.15, -0.1) is 6.58 Å². The molecule has 0 radical (unpaired) electrons. The summed E-state index contributed by atoms with van der Waals surface area (Å²) in [7, 11) is 1.60. The lowest BCUT2D eigenvalue weighted by Gasteiger charge is -2.47. The van der Waals surface area contributed by atoms with E-state index in [1.54, 1.807) is 20.1 Å². The third-order valence-corrected chi connectivity index (χ3v) is 9.53. The Balaban J connectivity index is 1.49. The van der Waals surface area contributed by atoms with Crippen LogP contribution in [0.4, 0.5) is 4.79 Å². The van der Waals surface area contributed by atoms with Gasteiger partial charge in [-0.1, -0.05) is 33.4 Å². The van der Waals surface area contributed by atoms with Crippen LogP contribution in [0.15, 0.2) is 49.3 Å². The first-order valence-corrected chi connectivity index (χ1v) is 16.9. The molecule has 2 aliphatic carbocycles. The van der Waals surface area contributed by atoms with Gasteiger partial charge in [-0.05, 0) is 57.1 Å². The van der Waals surface area contributed by atoms with E-state index in [1.807, 2.05) is 45.0 Å². The molecule has 0 spiro atoms. The summed E-state index contributed by atoms with van der Waals surface area (Å²) in [5.41, 5.74) is -0.405. The van der Waals surface area contributed by atoms with Crippen molar-refractivity contribution in [2.75, 3.05) is 20.3 Å².